The molecule has 162 valence electrons. The van der Waals surface area contributed by atoms with Crippen LogP contribution in [-0.4, -0.2) is 57.5 Å². The maximum Gasteiger partial charge on any atom is 0.190 e. The second kappa shape index (κ2) is 13.1. The molecular weight excluding hydrogens is 479 g/mol. The van der Waals surface area contributed by atoms with E-state index in [2.05, 4.69) is 51.9 Å². The zero-order chi connectivity index (χ0) is 19.6. The Balaban J connectivity index is 0.00000300. The fraction of sp³-hybridized carbons (Fsp3) is 0.591. The van der Waals surface area contributed by atoms with Gasteiger partial charge in [-0.1, -0.05) is 18.2 Å². The number of hydrogen-bond acceptors (Lipinski definition) is 3. The Bertz CT molecular complexity index is 756. The lowest BCUT2D eigenvalue weighted by Gasteiger charge is -2.21. The van der Waals surface area contributed by atoms with E-state index in [1.54, 1.807) is 0 Å². The summed E-state index contributed by atoms with van der Waals surface area (Å²) in [7, 11) is 1.81. The molecule has 3 rings (SSSR count). The minimum atomic E-state index is 0. The Morgan fingerprint density at radius 3 is 2.83 bits per heavy atom. The van der Waals surface area contributed by atoms with E-state index in [1.165, 1.54) is 22.0 Å². The molecule has 29 heavy (non-hydrogen) atoms. The highest BCUT2D eigenvalue weighted by molar-refractivity contribution is 14.0. The van der Waals surface area contributed by atoms with Crippen molar-refractivity contribution < 1.29 is 9.47 Å². The molecule has 0 atom stereocenters. The zero-order valence-electron chi connectivity index (χ0n) is 17.6. The number of guanidine groups is 1. The van der Waals surface area contributed by atoms with Gasteiger partial charge in [-0.3, -0.25) is 4.99 Å². The van der Waals surface area contributed by atoms with E-state index in [-0.39, 0.29) is 24.0 Å². The summed E-state index contributed by atoms with van der Waals surface area (Å²) in [4.78, 5) is 7.70. The van der Waals surface area contributed by atoms with Crippen molar-refractivity contribution in [1.29, 1.82) is 0 Å². The molecule has 0 amide bonds. The summed E-state index contributed by atoms with van der Waals surface area (Å²) in [5.41, 5.74) is 3.86. The molecule has 1 saturated heterocycles. The number of aromatic amines is 1. The molecule has 0 aliphatic carbocycles. The second-order valence-electron chi connectivity index (χ2n) is 7.47. The minimum Gasteiger partial charge on any atom is -0.381 e. The standard InChI is InChI=1S/C22H34N4O2.HI/c1-17-5-3-6-20-19(15-26-21(17)20)7-11-25-22(23-2)24-10-4-12-28-16-18-8-13-27-14-9-18;/h3,5-6,15,18,26H,4,7-14,16H2,1-2H3,(H2,23,24,25);1H. The third-order valence-electron chi connectivity index (χ3n) is 5.37. The van der Waals surface area contributed by atoms with Crippen LogP contribution in [-0.2, 0) is 15.9 Å². The minimum absolute atomic E-state index is 0. The van der Waals surface area contributed by atoms with Gasteiger partial charge in [0.15, 0.2) is 5.96 Å². The Labute approximate surface area is 191 Å². The van der Waals surface area contributed by atoms with Crippen LogP contribution in [0.1, 0.15) is 30.4 Å². The van der Waals surface area contributed by atoms with Crippen molar-refractivity contribution in [2.75, 3.05) is 46.6 Å². The summed E-state index contributed by atoms with van der Waals surface area (Å²) in [6.45, 7) is 7.27. The van der Waals surface area contributed by atoms with Gasteiger partial charge in [0, 0.05) is 63.7 Å². The van der Waals surface area contributed by atoms with Gasteiger partial charge in [-0.15, -0.1) is 24.0 Å². The molecule has 3 N–H and O–H groups in total. The Kier molecular flexibility index (Phi) is 10.8. The first kappa shape index (κ1) is 24.0. The van der Waals surface area contributed by atoms with Crippen LogP contribution < -0.4 is 10.6 Å². The smallest absolute Gasteiger partial charge is 0.190 e. The van der Waals surface area contributed by atoms with E-state index in [9.17, 15) is 0 Å². The Morgan fingerprint density at radius 1 is 1.24 bits per heavy atom. The number of fused-ring (bicyclic) bond motifs is 1. The number of aliphatic imine (C=N–C) groups is 1. The maximum absolute atomic E-state index is 5.81. The van der Waals surface area contributed by atoms with Gasteiger partial charge in [0.05, 0.1) is 0 Å². The number of nitrogens with zero attached hydrogens (tertiary/aromatic N) is 1. The van der Waals surface area contributed by atoms with Crippen LogP contribution in [0, 0.1) is 12.8 Å². The number of benzene rings is 1. The van der Waals surface area contributed by atoms with E-state index >= 15 is 0 Å². The molecule has 2 aromatic rings. The first-order chi connectivity index (χ1) is 13.8. The number of halogens is 1. The monoisotopic (exact) mass is 514 g/mol. The van der Waals surface area contributed by atoms with Gasteiger partial charge in [-0.2, -0.15) is 0 Å². The normalized spacial score (nSPS) is 15.3. The van der Waals surface area contributed by atoms with E-state index in [0.717, 1.165) is 71.2 Å². The highest BCUT2D eigenvalue weighted by atomic mass is 127. The summed E-state index contributed by atoms with van der Waals surface area (Å²) in [5, 5.41) is 8.08. The van der Waals surface area contributed by atoms with Crippen LogP contribution in [0.3, 0.4) is 0 Å². The summed E-state index contributed by atoms with van der Waals surface area (Å²) in [6.07, 6.45) is 6.31. The third kappa shape index (κ3) is 7.46. The predicted octanol–water partition coefficient (Wildman–Crippen LogP) is 3.64. The molecule has 0 saturated carbocycles. The van der Waals surface area contributed by atoms with Gasteiger partial charge in [-0.05, 0) is 49.7 Å². The van der Waals surface area contributed by atoms with Crippen LogP contribution in [0.25, 0.3) is 10.9 Å². The van der Waals surface area contributed by atoms with E-state index < -0.39 is 0 Å². The molecule has 2 heterocycles. The second-order valence-corrected chi connectivity index (χ2v) is 7.47. The van der Waals surface area contributed by atoms with Gasteiger partial charge in [0.25, 0.3) is 0 Å². The van der Waals surface area contributed by atoms with E-state index in [0.29, 0.717) is 5.92 Å². The highest BCUT2D eigenvalue weighted by Gasteiger charge is 2.13. The predicted molar refractivity (Wildman–Crippen MR) is 130 cm³/mol. The molecule has 1 fully saturated rings. The lowest BCUT2D eigenvalue weighted by Crippen LogP contribution is -2.39. The molecule has 0 unspecified atom stereocenters. The fourth-order valence-corrected chi connectivity index (χ4v) is 3.65. The fourth-order valence-electron chi connectivity index (χ4n) is 3.65. The molecule has 0 bridgehead atoms. The number of hydrogen-bond donors (Lipinski definition) is 3. The van der Waals surface area contributed by atoms with Crippen LogP contribution >= 0.6 is 24.0 Å². The van der Waals surface area contributed by atoms with Crippen molar-refractivity contribution in [1.82, 2.24) is 15.6 Å². The van der Waals surface area contributed by atoms with Crippen molar-refractivity contribution in [3.63, 3.8) is 0 Å². The molecule has 1 aromatic carbocycles. The molecule has 1 aromatic heterocycles. The van der Waals surface area contributed by atoms with Gasteiger partial charge in [-0.25, -0.2) is 0 Å². The van der Waals surface area contributed by atoms with Crippen molar-refractivity contribution >= 4 is 40.8 Å². The molecular formula is C22H35IN4O2. The first-order valence-corrected chi connectivity index (χ1v) is 10.4. The van der Waals surface area contributed by atoms with Crippen molar-refractivity contribution in [2.24, 2.45) is 10.9 Å². The summed E-state index contributed by atoms with van der Waals surface area (Å²) >= 11 is 0. The van der Waals surface area contributed by atoms with Crippen molar-refractivity contribution in [2.45, 2.75) is 32.6 Å². The number of ether oxygens (including phenoxy) is 2. The topological polar surface area (TPSA) is 70.7 Å². The third-order valence-corrected chi connectivity index (χ3v) is 5.37. The average molecular weight is 514 g/mol. The Hall–Kier alpha value is -1.32. The highest BCUT2D eigenvalue weighted by Crippen LogP contribution is 2.21. The summed E-state index contributed by atoms with van der Waals surface area (Å²) in [5.74, 6) is 1.52. The van der Waals surface area contributed by atoms with Crippen LogP contribution in [0.15, 0.2) is 29.4 Å². The van der Waals surface area contributed by atoms with Crippen LogP contribution in [0.4, 0.5) is 0 Å². The number of H-pyrrole nitrogens is 1. The summed E-state index contributed by atoms with van der Waals surface area (Å²) < 4.78 is 11.2. The van der Waals surface area contributed by atoms with Gasteiger partial charge in [0.1, 0.15) is 0 Å². The SMILES string of the molecule is CN=C(NCCCOCC1CCOCC1)NCCc1c[nH]c2c(C)cccc12.I. The maximum atomic E-state index is 5.81. The quantitative estimate of drug-likeness (QED) is 0.207. The summed E-state index contributed by atoms with van der Waals surface area (Å²) in [6, 6.07) is 6.44. The lowest BCUT2D eigenvalue weighted by atomic mass is 10.0. The molecule has 7 heteroatoms. The molecule has 0 spiro atoms. The van der Waals surface area contributed by atoms with Gasteiger partial charge >= 0.3 is 0 Å². The van der Waals surface area contributed by atoms with E-state index in [1.807, 2.05) is 7.05 Å². The van der Waals surface area contributed by atoms with Crippen molar-refractivity contribution in [3.05, 3.63) is 35.5 Å². The lowest BCUT2D eigenvalue weighted by molar-refractivity contribution is 0.0203. The number of nitrogens with one attached hydrogen (secondary N) is 3. The van der Waals surface area contributed by atoms with Crippen LogP contribution in [0.2, 0.25) is 0 Å². The molecule has 1 aliphatic heterocycles. The average Bonchev–Trinajstić information content (AvgIpc) is 3.14. The molecule has 0 radical (unpaired) electrons. The number of rotatable bonds is 9. The number of aryl methyl sites for hydroxylation is 1. The van der Waals surface area contributed by atoms with E-state index in [4.69, 9.17) is 9.47 Å². The Morgan fingerprint density at radius 2 is 2.03 bits per heavy atom. The van der Waals surface area contributed by atoms with Gasteiger partial charge < -0.3 is 25.1 Å². The van der Waals surface area contributed by atoms with Crippen LogP contribution in [0.5, 0.6) is 0 Å². The molecule has 6 nitrogen and oxygen atoms in total. The van der Waals surface area contributed by atoms with Gasteiger partial charge in [0.2, 0.25) is 0 Å². The first-order valence-electron chi connectivity index (χ1n) is 10.4. The number of para-hydroxylation sites is 1. The largest absolute Gasteiger partial charge is 0.381 e. The zero-order valence-corrected chi connectivity index (χ0v) is 20.0. The molecule has 1 aliphatic rings. The number of aromatic nitrogens is 1. The van der Waals surface area contributed by atoms with Crippen molar-refractivity contribution in [3.8, 4) is 0 Å².